The second-order valence-electron chi connectivity index (χ2n) is 7.14. The van der Waals surface area contributed by atoms with Gasteiger partial charge < -0.3 is 14.5 Å². The highest BCUT2D eigenvalue weighted by Gasteiger charge is 2.29. The summed E-state index contributed by atoms with van der Waals surface area (Å²) in [6.45, 7) is 6.56. The van der Waals surface area contributed by atoms with Gasteiger partial charge in [0.2, 0.25) is 10.0 Å². The fraction of sp³-hybridized carbons (Fsp3) is 0.429. The largest absolute Gasteiger partial charge is 0.495 e. The van der Waals surface area contributed by atoms with E-state index in [-0.39, 0.29) is 10.6 Å². The number of piperazine rings is 1. The number of rotatable bonds is 8. The van der Waals surface area contributed by atoms with Crippen molar-refractivity contribution in [1.82, 2.24) is 4.31 Å². The number of hydrogen-bond donors (Lipinski definition) is 0. The van der Waals surface area contributed by atoms with Crippen LogP contribution in [0.2, 0.25) is 0 Å². The van der Waals surface area contributed by atoms with Gasteiger partial charge in [0.05, 0.1) is 22.6 Å². The molecule has 0 radical (unpaired) electrons. The van der Waals surface area contributed by atoms with E-state index >= 15 is 0 Å². The maximum atomic E-state index is 12.8. The molecule has 31 heavy (non-hydrogen) atoms. The first-order valence-electron chi connectivity index (χ1n) is 10.2. The van der Waals surface area contributed by atoms with Crippen molar-refractivity contribution in [3.05, 3.63) is 52.6 Å². The Kier molecular flexibility index (Phi) is 7.01. The van der Waals surface area contributed by atoms with Crippen molar-refractivity contribution in [2.24, 2.45) is 0 Å². The Morgan fingerprint density at radius 1 is 1.00 bits per heavy atom. The molecule has 1 saturated heterocycles. The number of nitro groups is 1. The molecule has 3 rings (SSSR count). The molecule has 1 aliphatic heterocycles. The van der Waals surface area contributed by atoms with Crippen molar-refractivity contribution in [3.63, 3.8) is 0 Å². The normalized spacial score (nSPS) is 14.7. The van der Waals surface area contributed by atoms with Gasteiger partial charge in [0.1, 0.15) is 11.4 Å². The van der Waals surface area contributed by atoms with Crippen molar-refractivity contribution < 1.29 is 18.1 Å². The summed E-state index contributed by atoms with van der Waals surface area (Å²) in [5.41, 5.74) is 1.22. The number of sulfonamides is 1. The number of nitro benzene ring substituents is 1. The van der Waals surface area contributed by atoms with Gasteiger partial charge in [-0.25, -0.2) is 8.42 Å². The Morgan fingerprint density at radius 3 is 2.13 bits per heavy atom. The molecule has 0 bridgehead atoms. The fourth-order valence-electron chi connectivity index (χ4n) is 3.87. The second kappa shape index (κ2) is 9.52. The van der Waals surface area contributed by atoms with Crippen molar-refractivity contribution in [2.75, 3.05) is 56.2 Å². The fourth-order valence-corrected chi connectivity index (χ4v) is 5.35. The van der Waals surface area contributed by atoms with Crippen LogP contribution in [-0.4, -0.2) is 64.0 Å². The Hall–Kier alpha value is -2.85. The van der Waals surface area contributed by atoms with Crippen molar-refractivity contribution in [1.29, 1.82) is 0 Å². The van der Waals surface area contributed by atoms with Gasteiger partial charge in [0.15, 0.2) is 0 Å². The van der Waals surface area contributed by atoms with Gasteiger partial charge in [-0.2, -0.15) is 4.31 Å². The first-order chi connectivity index (χ1) is 14.8. The molecule has 1 heterocycles. The predicted molar refractivity (Wildman–Crippen MR) is 121 cm³/mol. The van der Waals surface area contributed by atoms with Crippen LogP contribution in [0.4, 0.5) is 17.1 Å². The lowest BCUT2D eigenvalue weighted by Gasteiger charge is -2.37. The number of ether oxygens (including phenoxy) is 1. The van der Waals surface area contributed by atoms with E-state index in [4.69, 9.17) is 4.74 Å². The maximum Gasteiger partial charge on any atom is 0.293 e. The summed E-state index contributed by atoms with van der Waals surface area (Å²) in [4.78, 5) is 15.3. The van der Waals surface area contributed by atoms with Gasteiger partial charge >= 0.3 is 0 Å². The first kappa shape index (κ1) is 22.8. The summed E-state index contributed by atoms with van der Waals surface area (Å²) in [7, 11) is -2.14. The number of benzene rings is 2. The van der Waals surface area contributed by atoms with Crippen LogP contribution in [0.1, 0.15) is 13.8 Å². The minimum atomic E-state index is -3.77. The van der Waals surface area contributed by atoms with E-state index in [1.807, 2.05) is 29.2 Å². The standard InChI is InChI=1S/C21H28N4O5S/c1-4-24(5-2)31(28,29)17-10-11-18(20(16-17)25(26)27)22-12-14-23(15-13-22)19-8-6-7-9-21(19)30-3/h6-11,16H,4-5,12-15H2,1-3H3. The van der Waals surface area contributed by atoms with Crippen LogP contribution in [0.3, 0.4) is 0 Å². The average Bonchev–Trinajstić information content (AvgIpc) is 2.79. The molecule has 0 N–H and O–H groups in total. The molecule has 0 saturated carbocycles. The second-order valence-corrected chi connectivity index (χ2v) is 9.08. The molecule has 0 unspecified atom stereocenters. The molecule has 0 aromatic heterocycles. The van der Waals surface area contributed by atoms with Gasteiger partial charge in [-0.15, -0.1) is 0 Å². The quantitative estimate of drug-likeness (QED) is 0.452. The first-order valence-corrected chi connectivity index (χ1v) is 11.7. The summed E-state index contributed by atoms with van der Waals surface area (Å²) < 4.78 is 32.3. The summed E-state index contributed by atoms with van der Waals surface area (Å²) in [5.74, 6) is 0.785. The zero-order chi connectivity index (χ0) is 22.6. The van der Waals surface area contributed by atoms with E-state index in [0.717, 1.165) is 11.4 Å². The lowest BCUT2D eigenvalue weighted by Crippen LogP contribution is -2.46. The highest BCUT2D eigenvalue weighted by Crippen LogP contribution is 2.34. The van der Waals surface area contributed by atoms with E-state index in [2.05, 4.69) is 4.90 Å². The zero-order valence-electron chi connectivity index (χ0n) is 18.0. The minimum Gasteiger partial charge on any atom is -0.495 e. The van der Waals surface area contributed by atoms with E-state index < -0.39 is 14.9 Å². The van der Waals surface area contributed by atoms with E-state index in [0.29, 0.717) is 45.0 Å². The molecule has 9 nitrogen and oxygen atoms in total. The van der Waals surface area contributed by atoms with Crippen molar-refractivity contribution in [2.45, 2.75) is 18.7 Å². The average molecular weight is 449 g/mol. The molecule has 2 aromatic rings. The molecule has 2 aromatic carbocycles. The Labute approximate surface area is 183 Å². The summed E-state index contributed by atoms with van der Waals surface area (Å²) >= 11 is 0. The van der Waals surface area contributed by atoms with Gasteiger partial charge in [-0.05, 0) is 24.3 Å². The summed E-state index contributed by atoms with van der Waals surface area (Å²) in [5, 5.41) is 11.8. The number of methoxy groups -OCH3 is 1. The van der Waals surface area contributed by atoms with Crippen LogP contribution in [0, 0.1) is 10.1 Å². The lowest BCUT2D eigenvalue weighted by atomic mass is 10.2. The third-order valence-electron chi connectivity index (χ3n) is 5.53. The zero-order valence-corrected chi connectivity index (χ0v) is 18.8. The van der Waals surface area contributed by atoms with E-state index in [1.165, 1.54) is 16.4 Å². The predicted octanol–water partition coefficient (Wildman–Crippen LogP) is 2.96. The smallest absolute Gasteiger partial charge is 0.293 e. The van der Waals surface area contributed by atoms with Gasteiger partial charge in [-0.3, -0.25) is 10.1 Å². The Bertz CT molecular complexity index is 1030. The molecule has 1 fully saturated rings. The van der Waals surface area contributed by atoms with Crippen LogP contribution in [0.25, 0.3) is 0 Å². The lowest BCUT2D eigenvalue weighted by molar-refractivity contribution is -0.384. The number of anilines is 2. The SMILES string of the molecule is CCN(CC)S(=O)(=O)c1ccc(N2CCN(c3ccccc3OC)CC2)c([N+](=O)[O-])c1. The van der Waals surface area contributed by atoms with Crippen LogP contribution in [0.15, 0.2) is 47.4 Å². The minimum absolute atomic E-state index is 0.0562. The van der Waals surface area contributed by atoms with Crippen LogP contribution >= 0.6 is 0 Å². The molecule has 0 spiro atoms. The highest BCUT2D eigenvalue weighted by atomic mass is 32.2. The highest BCUT2D eigenvalue weighted by molar-refractivity contribution is 7.89. The molecule has 0 atom stereocenters. The number of hydrogen-bond acceptors (Lipinski definition) is 7. The maximum absolute atomic E-state index is 12.8. The van der Waals surface area contributed by atoms with Gasteiger partial charge in [-0.1, -0.05) is 26.0 Å². The monoisotopic (exact) mass is 448 g/mol. The summed E-state index contributed by atoms with van der Waals surface area (Å²) in [6.07, 6.45) is 0. The third kappa shape index (κ3) is 4.59. The topological polar surface area (TPSA) is 96.2 Å². The molecule has 0 amide bonds. The van der Waals surface area contributed by atoms with Crippen LogP contribution in [0.5, 0.6) is 5.75 Å². The number of nitrogens with zero attached hydrogens (tertiary/aromatic N) is 4. The van der Waals surface area contributed by atoms with Gasteiger partial charge in [0.25, 0.3) is 5.69 Å². The Morgan fingerprint density at radius 2 is 1.58 bits per heavy atom. The van der Waals surface area contributed by atoms with Crippen molar-refractivity contribution in [3.8, 4) is 5.75 Å². The van der Waals surface area contributed by atoms with E-state index in [9.17, 15) is 18.5 Å². The molecular weight excluding hydrogens is 420 g/mol. The van der Waals surface area contributed by atoms with Crippen LogP contribution in [-0.2, 0) is 10.0 Å². The van der Waals surface area contributed by atoms with E-state index in [1.54, 1.807) is 27.0 Å². The van der Waals surface area contributed by atoms with Crippen LogP contribution < -0.4 is 14.5 Å². The Balaban J connectivity index is 1.85. The number of para-hydroxylation sites is 2. The summed E-state index contributed by atoms with van der Waals surface area (Å²) in [6, 6.07) is 11.9. The molecule has 10 heteroatoms. The molecule has 0 aliphatic carbocycles. The van der Waals surface area contributed by atoms with Crippen molar-refractivity contribution >= 4 is 27.1 Å². The van der Waals surface area contributed by atoms with Gasteiger partial charge in [0, 0.05) is 45.3 Å². The molecular formula is C21H28N4O5S. The molecule has 168 valence electrons. The third-order valence-corrected chi connectivity index (χ3v) is 7.58. The molecule has 1 aliphatic rings.